The highest BCUT2D eigenvalue weighted by Gasteiger charge is 2.21. The van der Waals surface area contributed by atoms with E-state index in [-0.39, 0.29) is 0 Å². The zero-order valence-electron chi connectivity index (χ0n) is 20.7. The van der Waals surface area contributed by atoms with Crippen LogP contribution in [0.1, 0.15) is 32.0 Å². The third kappa shape index (κ3) is 5.52. The van der Waals surface area contributed by atoms with Gasteiger partial charge in [-0.15, -0.1) is 0 Å². The number of aromatic nitrogens is 3. The molecule has 0 radical (unpaired) electrons. The molecule has 11 nitrogen and oxygen atoms in total. The number of nitriles is 1. The van der Waals surface area contributed by atoms with Gasteiger partial charge in [0.2, 0.25) is 0 Å². The first kappa shape index (κ1) is 25.2. The number of carbonyl (C=O) groups excluding carboxylic acids is 2. The molecule has 11 heteroatoms. The maximum atomic E-state index is 13.2. The van der Waals surface area contributed by atoms with Crippen molar-refractivity contribution >= 4 is 34.7 Å². The normalized spacial score (nSPS) is 14.5. The number of pyridine rings is 2. The van der Waals surface area contributed by atoms with Gasteiger partial charge in [0.15, 0.2) is 6.29 Å². The molecule has 1 fully saturated rings. The number of fused-ring (bicyclic) bond motifs is 1. The Hall–Kier alpha value is -3.85. The van der Waals surface area contributed by atoms with Crippen LogP contribution in [-0.2, 0) is 18.3 Å². The van der Waals surface area contributed by atoms with Gasteiger partial charge >= 0.3 is 0 Å². The number of nitrogens with one attached hydrogen (secondary N) is 2. The predicted molar refractivity (Wildman–Crippen MR) is 136 cm³/mol. The number of carbonyl (C=O) groups is 2. The maximum Gasteiger partial charge on any atom is 0.260 e. The summed E-state index contributed by atoms with van der Waals surface area (Å²) in [5, 5.41) is 15.2. The van der Waals surface area contributed by atoms with Crippen LogP contribution < -0.4 is 10.6 Å². The van der Waals surface area contributed by atoms with Gasteiger partial charge in [-0.05, 0) is 18.7 Å². The second kappa shape index (κ2) is 11.3. The van der Waals surface area contributed by atoms with Crippen LogP contribution >= 0.6 is 0 Å². The van der Waals surface area contributed by atoms with Crippen molar-refractivity contribution in [2.24, 2.45) is 7.05 Å². The number of ether oxygens (including phenoxy) is 1. The van der Waals surface area contributed by atoms with Crippen molar-refractivity contribution in [2.45, 2.75) is 6.54 Å². The Morgan fingerprint density at radius 2 is 2.03 bits per heavy atom. The zero-order chi connectivity index (χ0) is 25.7. The molecule has 0 unspecified atom stereocenters. The summed E-state index contributed by atoms with van der Waals surface area (Å²) in [5.41, 5.74) is 3.64. The summed E-state index contributed by atoms with van der Waals surface area (Å²) >= 11 is 0. The minimum atomic E-state index is -0.406. The summed E-state index contributed by atoms with van der Waals surface area (Å²) in [6, 6.07) is 5.63. The smallest absolute Gasteiger partial charge is 0.260 e. The fourth-order valence-electron chi connectivity index (χ4n) is 4.22. The van der Waals surface area contributed by atoms with Crippen LogP contribution in [0.5, 0.6) is 0 Å². The summed E-state index contributed by atoms with van der Waals surface area (Å²) in [4.78, 5) is 38.4. The van der Waals surface area contributed by atoms with Crippen molar-refractivity contribution in [3.05, 3.63) is 46.9 Å². The van der Waals surface area contributed by atoms with Gasteiger partial charge in [0.25, 0.3) is 5.91 Å². The lowest BCUT2D eigenvalue weighted by molar-refractivity contribution is 0.102. The molecule has 4 heterocycles. The molecule has 3 aromatic heterocycles. The first-order valence-electron chi connectivity index (χ1n) is 11.7. The van der Waals surface area contributed by atoms with E-state index in [1.807, 2.05) is 17.7 Å². The zero-order valence-corrected chi connectivity index (χ0v) is 20.7. The van der Waals surface area contributed by atoms with Crippen LogP contribution in [0.25, 0.3) is 11.0 Å². The molecule has 36 heavy (non-hydrogen) atoms. The largest absolute Gasteiger partial charge is 0.383 e. The maximum absolute atomic E-state index is 13.2. The Balaban J connectivity index is 1.58. The Kier molecular flexibility index (Phi) is 7.90. The minimum Gasteiger partial charge on any atom is -0.383 e. The predicted octanol–water partition coefficient (Wildman–Crippen LogP) is 1.71. The van der Waals surface area contributed by atoms with Gasteiger partial charge in [0, 0.05) is 71.9 Å². The molecule has 0 atom stereocenters. The number of aryl methyl sites for hydroxylation is 1. The number of aldehydes is 1. The van der Waals surface area contributed by atoms with Crippen molar-refractivity contribution in [1.29, 1.82) is 5.26 Å². The number of nitrogens with zero attached hydrogens (tertiary/aromatic N) is 6. The number of amides is 1. The van der Waals surface area contributed by atoms with E-state index in [0.717, 1.165) is 43.5 Å². The van der Waals surface area contributed by atoms with Gasteiger partial charge in [-0.3, -0.25) is 14.5 Å². The third-order valence-electron chi connectivity index (χ3n) is 6.31. The van der Waals surface area contributed by atoms with E-state index in [1.54, 1.807) is 19.4 Å². The number of hydrogen-bond acceptors (Lipinski definition) is 9. The lowest BCUT2D eigenvalue weighted by Crippen LogP contribution is -2.44. The van der Waals surface area contributed by atoms with Crippen LogP contribution in [0.15, 0.2) is 24.5 Å². The van der Waals surface area contributed by atoms with E-state index in [4.69, 9.17) is 4.74 Å². The molecule has 188 valence electrons. The molecule has 0 saturated carbocycles. The summed E-state index contributed by atoms with van der Waals surface area (Å²) in [5.74, 6) is -0.116. The summed E-state index contributed by atoms with van der Waals surface area (Å²) in [7, 11) is 5.54. The van der Waals surface area contributed by atoms with Crippen molar-refractivity contribution < 1.29 is 14.3 Å². The SMILES string of the molecule is COCCNc1cc(NC(=O)c2cn(C)c3cc(CN4CCN(C)CC4)c(C=O)nc23)ncc1C#N. The third-order valence-corrected chi connectivity index (χ3v) is 6.31. The van der Waals surface area contributed by atoms with E-state index >= 15 is 0 Å². The van der Waals surface area contributed by atoms with Gasteiger partial charge < -0.3 is 24.8 Å². The molecule has 4 rings (SSSR count). The second-order valence-corrected chi connectivity index (χ2v) is 8.85. The fourth-order valence-corrected chi connectivity index (χ4v) is 4.22. The molecule has 1 saturated heterocycles. The van der Waals surface area contributed by atoms with Crippen LogP contribution in [0.4, 0.5) is 11.5 Å². The van der Waals surface area contributed by atoms with Gasteiger partial charge in [0.1, 0.15) is 23.1 Å². The first-order chi connectivity index (χ1) is 17.4. The quantitative estimate of drug-likeness (QED) is 0.340. The van der Waals surface area contributed by atoms with Gasteiger partial charge in [-0.25, -0.2) is 9.97 Å². The average molecular weight is 491 g/mol. The Morgan fingerprint density at radius 3 is 2.72 bits per heavy atom. The van der Waals surface area contributed by atoms with Crippen LogP contribution in [0.2, 0.25) is 0 Å². The molecule has 0 bridgehead atoms. The van der Waals surface area contributed by atoms with Crippen molar-refractivity contribution in [3.8, 4) is 6.07 Å². The number of hydrogen-bond donors (Lipinski definition) is 2. The Bertz CT molecular complexity index is 1300. The van der Waals surface area contributed by atoms with Gasteiger partial charge in [-0.2, -0.15) is 5.26 Å². The van der Waals surface area contributed by atoms with Crippen LogP contribution in [0.3, 0.4) is 0 Å². The van der Waals surface area contributed by atoms with Crippen LogP contribution in [-0.4, -0.2) is 90.0 Å². The summed E-state index contributed by atoms with van der Waals surface area (Å²) in [6.07, 6.45) is 3.85. The monoisotopic (exact) mass is 490 g/mol. The van der Waals surface area contributed by atoms with E-state index in [9.17, 15) is 14.9 Å². The molecule has 0 aromatic carbocycles. The fraction of sp³-hybridized carbons (Fsp3) is 0.400. The first-order valence-corrected chi connectivity index (χ1v) is 11.7. The van der Waals surface area contributed by atoms with Gasteiger partial charge in [-0.1, -0.05) is 0 Å². The molecule has 1 aliphatic heterocycles. The highest BCUT2D eigenvalue weighted by atomic mass is 16.5. The highest BCUT2D eigenvalue weighted by molar-refractivity contribution is 6.12. The molecule has 1 amide bonds. The van der Waals surface area contributed by atoms with Gasteiger partial charge in [0.05, 0.1) is 28.9 Å². The standard InChI is InChI=1S/C25H30N8O3/c1-31-5-7-33(8-6-31)14-17-10-22-24(29-21(17)16-34)19(15-32(22)2)25(35)30-23-11-20(27-4-9-36-3)18(12-26)13-28-23/h10-11,13,15-16H,4-9,14H2,1-3H3,(H2,27,28,30,35). The molecule has 0 aliphatic carbocycles. The Labute approximate surface area is 209 Å². The van der Waals surface area contributed by atoms with E-state index in [0.29, 0.717) is 53.5 Å². The van der Waals surface area contributed by atoms with E-state index < -0.39 is 5.91 Å². The number of piperazine rings is 1. The lowest BCUT2D eigenvalue weighted by Gasteiger charge is -2.32. The summed E-state index contributed by atoms with van der Waals surface area (Å²) in [6.45, 7) is 5.40. The molecule has 0 spiro atoms. The summed E-state index contributed by atoms with van der Waals surface area (Å²) < 4.78 is 6.87. The van der Waals surface area contributed by atoms with Crippen molar-refractivity contribution in [3.63, 3.8) is 0 Å². The molecular formula is C25H30N8O3. The highest BCUT2D eigenvalue weighted by Crippen LogP contribution is 2.24. The molecular weight excluding hydrogens is 460 g/mol. The van der Waals surface area contributed by atoms with E-state index in [2.05, 4.69) is 43.5 Å². The molecule has 1 aliphatic rings. The molecule has 2 N–H and O–H groups in total. The second-order valence-electron chi connectivity index (χ2n) is 8.85. The van der Waals surface area contributed by atoms with Crippen LogP contribution in [0, 0.1) is 11.3 Å². The number of anilines is 2. The Morgan fingerprint density at radius 1 is 1.25 bits per heavy atom. The number of likely N-dealkylation sites (N-methyl/N-ethyl adjacent to an activating group) is 1. The van der Waals surface area contributed by atoms with Crippen molar-refractivity contribution in [1.82, 2.24) is 24.3 Å². The average Bonchev–Trinajstić information content (AvgIpc) is 3.20. The number of rotatable bonds is 9. The van der Waals surface area contributed by atoms with Crippen molar-refractivity contribution in [2.75, 3.05) is 64.1 Å². The molecule has 3 aromatic rings. The topological polar surface area (TPSA) is 128 Å². The minimum absolute atomic E-state index is 0.290. The van der Waals surface area contributed by atoms with E-state index in [1.165, 1.54) is 6.20 Å². The lowest BCUT2D eigenvalue weighted by atomic mass is 10.1. The number of methoxy groups -OCH3 is 1.